The molecular formula is C30H27N3O5. The van der Waals surface area contributed by atoms with Gasteiger partial charge in [0.1, 0.15) is 6.04 Å². The summed E-state index contributed by atoms with van der Waals surface area (Å²) >= 11 is 0. The Morgan fingerprint density at radius 1 is 1.03 bits per heavy atom. The number of aromatic nitrogens is 1. The Morgan fingerprint density at radius 2 is 1.74 bits per heavy atom. The highest BCUT2D eigenvalue weighted by Crippen LogP contribution is 2.42. The quantitative estimate of drug-likeness (QED) is 0.402. The van der Waals surface area contributed by atoms with Crippen LogP contribution in [0.4, 0.5) is 0 Å². The second-order valence-corrected chi connectivity index (χ2v) is 9.75. The van der Waals surface area contributed by atoms with Crippen LogP contribution in [0.2, 0.25) is 0 Å². The molecular weight excluding hydrogens is 482 g/mol. The molecule has 2 aliphatic rings. The van der Waals surface area contributed by atoms with Crippen LogP contribution in [0.3, 0.4) is 0 Å². The van der Waals surface area contributed by atoms with Crippen molar-refractivity contribution in [3.63, 3.8) is 0 Å². The summed E-state index contributed by atoms with van der Waals surface area (Å²) in [5.74, 6) is -0.825. The Hall–Kier alpha value is -4.43. The van der Waals surface area contributed by atoms with Gasteiger partial charge in [-0.15, -0.1) is 0 Å². The van der Waals surface area contributed by atoms with Gasteiger partial charge in [-0.3, -0.25) is 9.59 Å². The number of hydrogen-bond donors (Lipinski definition) is 2. The minimum Gasteiger partial charge on any atom is -0.465 e. The lowest BCUT2D eigenvalue weighted by atomic mass is 9.86. The van der Waals surface area contributed by atoms with E-state index in [0.717, 1.165) is 27.7 Å². The fraction of sp³-hybridized carbons (Fsp3) is 0.233. The molecule has 38 heavy (non-hydrogen) atoms. The lowest BCUT2D eigenvalue weighted by Crippen LogP contribution is -2.63. The van der Waals surface area contributed by atoms with Gasteiger partial charge in [0.25, 0.3) is 0 Å². The van der Waals surface area contributed by atoms with E-state index in [1.54, 1.807) is 41.3 Å². The van der Waals surface area contributed by atoms with Crippen LogP contribution in [0.1, 0.15) is 44.9 Å². The molecule has 0 bridgehead atoms. The molecule has 3 aromatic carbocycles. The zero-order chi connectivity index (χ0) is 26.4. The number of methoxy groups -OCH3 is 1. The van der Waals surface area contributed by atoms with Crippen LogP contribution < -0.4 is 0 Å². The highest BCUT2D eigenvalue weighted by molar-refractivity contribution is 5.97. The summed E-state index contributed by atoms with van der Waals surface area (Å²) in [5.41, 5.74) is 4.69. The number of fused-ring (bicyclic) bond motifs is 4. The van der Waals surface area contributed by atoms with Crippen molar-refractivity contribution >= 4 is 28.7 Å². The topological polar surface area (TPSA) is 103 Å². The third-order valence-electron chi connectivity index (χ3n) is 7.57. The van der Waals surface area contributed by atoms with Crippen LogP contribution in [0.5, 0.6) is 0 Å². The maximum Gasteiger partial charge on any atom is 0.337 e. The molecule has 1 aromatic heterocycles. The molecule has 4 aromatic rings. The normalized spacial score (nSPS) is 19.7. The first-order chi connectivity index (χ1) is 18.5. The van der Waals surface area contributed by atoms with Crippen LogP contribution in [-0.2, 0) is 20.7 Å². The third-order valence-corrected chi connectivity index (χ3v) is 7.57. The van der Waals surface area contributed by atoms with Crippen LogP contribution in [0.25, 0.3) is 10.9 Å². The predicted octanol–water partition coefficient (Wildman–Crippen LogP) is 3.37. The second-order valence-electron chi connectivity index (χ2n) is 9.75. The molecule has 1 fully saturated rings. The van der Waals surface area contributed by atoms with E-state index in [9.17, 15) is 19.5 Å². The SMILES string of the molecule is COC(=O)c1ccc(C2c3[nH]c4ccccc4c3C[C@H]3C(=O)N(CC(O)c4ccccc4)CC(=O)N23)cc1. The van der Waals surface area contributed by atoms with Crippen molar-refractivity contribution in [2.45, 2.75) is 24.6 Å². The van der Waals surface area contributed by atoms with Crippen molar-refractivity contribution in [1.82, 2.24) is 14.8 Å². The molecule has 1 saturated heterocycles. The number of aromatic amines is 1. The predicted molar refractivity (Wildman–Crippen MR) is 140 cm³/mol. The van der Waals surface area contributed by atoms with Crippen molar-refractivity contribution in [1.29, 1.82) is 0 Å². The molecule has 192 valence electrons. The molecule has 0 aliphatic carbocycles. The Balaban J connectivity index is 1.40. The molecule has 2 aliphatic heterocycles. The minimum atomic E-state index is -0.895. The Kier molecular flexibility index (Phi) is 5.96. The number of amides is 2. The van der Waals surface area contributed by atoms with E-state index >= 15 is 0 Å². The molecule has 0 saturated carbocycles. The van der Waals surface area contributed by atoms with E-state index in [-0.39, 0.29) is 24.9 Å². The number of nitrogens with zero attached hydrogens (tertiary/aromatic N) is 2. The van der Waals surface area contributed by atoms with E-state index in [1.165, 1.54) is 12.0 Å². The first-order valence-electron chi connectivity index (χ1n) is 12.6. The molecule has 2 amide bonds. The molecule has 8 nitrogen and oxygen atoms in total. The molecule has 2 N–H and O–H groups in total. The number of hydrogen-bond acceptors (Lipinski definition) is 5. The molecule has 3 atom stereocenters. The molecule has 6 rings (SSSR count). The van der Waals surface area contributed by atoms with Gasteiger partial charge in [0.05, 0.1) is 37.9 Å². The van der Waals surface area contributed by atoms with Crippen LogP contribution in [0, 0.1) is 0 Å². The van der Waals surface area contributed by atoms with Crippen LogP contribution in [-0.4, -0.2) is 63.9 Å². The number of benzene rings is 3. The number of nitrogens with one attached hydrogen (secondary N) is 1. The third kappa shape index (κ3) is 3.94. The average Bonchev–Trinajstić information content (AvgIpc) is 3.33. The first-order valence-corrected chi connectivity index (χ1v) is 12.6. The average molecular weight is 510 g/mol. The first kappa shape index (κ1) is 23.9. The number of aliphatic hydroxyl groups is 1. The van der Waals surface area contributed by atoms with E-state index in [4.69, 9.17) is 4.74 Å². The zero-order valence-corrected chi connectivity index (χ0v) is 20.8. The van der Waals surface area contributed by atoms with E-state index in [0.29, 0.717) is 17.5 Å². The standard InChI is InChI=1S/C30H27N3O5/c1-38-30(37)20-13-11-19(12-14-20)28-27-22(21-9-5-6-10-23(21)31-27)15-24-29(36)32(17-26(35)33(24)28)16-25(34)18-7-3-2-4-8-18/h2-14,24-25,28,31,34H,15-17H2,1H3/t24-,25?,28?/m0/s1. The summed E-state index contributed by atoms with van der Waals surface area (Å²) < 4.78 is 4.83. The van der Waals surface area contributed by atoms with E-state index in [1.807, 2.05) is 42.5 Å². The number of para-hydroxylation sites is 1. The fourth-order valence-corrected chi connectivity index (χ4v) is 5.73. The lowest BCUT2D eigenvalue weighted by molar-refractivity contribution is -0.159. The summed E-state index contributed by atoms with van der Waals surface area (Å²) in [7, 11) is 1.33. The summed E-state index contributed by atoms with van der Waals surface area (Å²) in [6.45, 7) is -0.0797. The largest absolute Gasteiger partial charge is 0.465 e. The molecule has 8 heteroatoms. The molecule has 2 unspecified atom stereocenters. The number of ether oxygens (including phenoxy) is 1. The van der Waals surface area contributed by atoms with Crippen molar-refractivity contribution < 1.29 is 24.2 Å². The van der Waals surface area contributed by atoms with Gasteiger partial charge in [0.2, 0.25) is 11.8 Å². The number of piperazine rings is 1. The van der Waals surface area contributed by atoms with Gasteiger partial charge in [-0.25, -0.2) is 4.79 Å². The summed E-state index contributed by atoms with van der Waals surface area (Å²) in [4.78, 5) is 46.2. The van der Waals surface area contributed by atoms with Gasteiger partial charge in [-0.1, -0.05) is 60.7 Å². The number of carbonyl (C=O) groups is 3. The number of β-amino-alcohol motifs (C(OH)–C–C–N with tert-alkyl or cyclic N) is 1. The number of esters is 1. The second kappa shape index (κ2) is 9.46. The highest BCUT2D eigenvalue weighted by atomic mass is 16.5. The van der Waals surface area contributed by atoms with E-state index in [2.05, 4.69) is 4.98 Å². The number of aliphatic hydroxyl groups excluding tert-OH is 1. The maximum absolute atomic E-state index is 13.8. The van der Waals surface area contributed by atoms with Gasteiger partial charge in [0.15, 0.2) is 0 Å². The summed E-state index contributed by atoms with van der Waals surface area (Å²) in [6, 6.07) is 22.8. The fourth-order valence-electron chi connectivity index (χ4n) is 5.73. The van der Waals surface area contributed by atoms with Crippen molar-refractivity contribution in [3.8, 4) is 0 Å². The van der Waals surface area contributed by atoms with Gasteiger partial charge in [-0.05, 0) is 34.9 Å². The number of carbonyl (C=O) groups excluding carboxylic acids is 3. The molecule has 0 radical (unpaired) electrons. The Morgan fingerprint density at radius 3 is 2.47 bits per heavy atom. The Bertz CT molecular complexity index is 1530. The van der Waals surface area contributed by atoms with Gasteiger partial charge in [0, 0.05) is 23.0 Å². The van der Waals surface area contributed by atoms with Crippen molar-refractivity contribution in [2.24, 2.45) is 0 Å². The Labute approximate surface area is 219 Å². The van der Waals surface area contributed by atoms with Crippen molar-refractivity contribution in [3.05, 3.63) is 107 Å². The number of rotatable bonds is 5. The smallest absolute Gasteiger partial charge is 0.337 e. The van der Waals surface area contributed by atoms with Crippen LogP contribution >= 0.6 is 0 Å². The molecule has 3 heterocycles. The monoisotopic (exact) mass is 509 g/mol. The highest BCUT2D eigenvalue weighted by Gasteiger charge is 2.48. The lowest BCUT2D eigenvalue weighted by Gasteiger charge is -2.47. The summed E-state index contributed by atoms with van der Waals surface area (Å²) in [5, 5.41) is 11.8. The van der Waals surface area contributed by atoms with E-state index < -0.39 is 24.2 Å². The van der Waals surface area contributed by atoms with Gasteiger partial charge < -0.3 is 24.6 Å². The molecule has 0 spiro atoms. The summed E-state index contributed by atoms with van der Waals surface area (Å²) in [6.07, 6.45) is -0.521. The number of H-pyrrole nitrogens is 1. The van der Waals surface area contributed by atoms with Crippen LogP contribution in [0.15, 0.2) is 78.9 Å². The zero-order valence-electron chi connectivity index (χ0n) is 20.8. The van der Waals surface area contributed by atoms with Crippen molar-refractivity contribution in [2.75, 3.05) is 20.2 Å². The van der Waals surface area contributed by atoms with Gasteiger partial charge in [-0.2, -0.15) is 0 Å². The minimum absolute atomic E-state index is 0.0398. The maximum atomic E-state index is 13.8. The van der Waals surface area contributed by atoms with Gasteiger partial charge >= 0.3 is 5.97 Å².